The van der Waals surface area contributed by atoms with Gasteiger partial charge in [-0.25, -0.2) is 0 Å². The summed E-state index contributed by atoms with van der Waals surface area (Å²) in [5.41, 5.74) is 6.50. The summed E-state index contributed by atoms with van der Waals surface area (Å²) in [6.45, 7) is 0. The second-order valence-corrected chi connectivity index (χ2v) is 2.76. The number of carbonyl (C=O) groups excluding carboxylic acids is 1. The van der Waals surface area contributed by atoms with Crippen molar-refractivity contribution in [2.24, 2.45) is 0 Å². The number of rotatable bonds is 3. The van der Waals surface area contributed by atoms with Crippen LogP contribution >= 0.6 is 0 Å². The van der Waals surface area contributed by atoms with E-state index in [0.29, 0.717) is 17.0 Å². The second kappa shape index (κ2) is 4.33. The first-order valence-corrected chi connectivity index (χ1v) is 4.09. The van der Waals surface area contributed by atoms with Gasteiger partial charge in [-0.05, 0) is 12.1 Å². The lowest BCUT2D eigenvalue weighted by molar-refractivity contribution is 0.0999. The van der Waals surface area contributed by atoms with Crippen LogP contribution in [0, 0.1) is 12.3 Å². The molecule has 3 nitrogen and oxygen atoms in total. The van der Waals surface area contributed by atoms with Crippen molar-refractivity contribution in [1.29, 1.82) is 0 Å². The molecule has 0 aliphatic carbocycles. The van der Waals surface area contributed by atoms with E-state index in [2.05, 4.69) is 5.92 Å². The van der Waals surface area contributed by atoms with Gasteiger partial charge in [0, 0.05) is 17.3 Å². The highest BCUT2D eigenvalue weighted by Crippen LogP contribution is 2.20. The van der Waals surface area contributed by atoms with Crippen LogP contribution in [-0.2, 0) is 0 Å². The van der Waals surface area contributed by atoms with E-state index in [0.717, 1.165) is 0 Å². The zero-order valence-corrected chi connectivity index (χ0v) is 7.91. The normalized spacial score (nSPS) is 9.14. The lowest BCUT2D eigenvalue weighted by Gasteiger charge is -2.05. The van der Waals surface area contributed by atoms with Crippen molar-refractivity contribution in [1.82, 2.24) is 0 Å². The Hall–Kier alpha value is -1.95. The highest BCUT2D eigenvalue weighted by atomic mass is 16.5. The number of terminal acetylenes is 1. The molecule has 0 aliphatic rings. The summed E-state index contributed by atoms with van der Waals surface area (Å²) in [4.78, 5) is 11.4. The number of carbonyl (C=O) groups is 1. The molecule has 3 heteroatoms. The number of hydrogen-bond donors (Lipinski definition) is 1. The highest BCUT2D eigenvalue weighted by molar-refractivity contribution is 6.02. The third-order valence-corrected chi connectivity index (χ3v) is 1.82. The van der Waals surface area contributed by atoms with Gasteiger partial charge in [0.05, 0.1) is 13.5 Å². The average Bonchev–Trinajstić information content (AvgIpc) is 2.17. The first kappa shape index (κ1) is 10.1. The summed E-state index contributed by atoms with van der Waals surface area (Å²) in [6, 6.07) is 4.90. The van der Waals surface area contributed by atoms with E-state index in [1.54, 1.807) is 18.2 Å². The van der Waals surface area contributed by atoms with Gasteiger partial charge in [-0.15, -0.1) is 6.42 Å². The first-order valence-electron chi connectivity index (χ1n) is 4.09. The van der Waals surface area contributed by atoms with Crippen LogP contribution < -0.4 is 10.5 Å². The summed E-state index contributed by atoms with van der Waals surface area (Å²) >= 11 is 0. The Morgan fingerprint density at radius 1 is 1.64 bits per heavy atom. The van der Waals surface area contributed by atoms with Gasteiger partial charge in [0.1, 0.15) is 5.75 Å². The number of Topliss-reactive ketones (excluding diaryl/α,β-unsaturated/α-hetero) is 1. The number of benzene rings is 1. The predicted molar refractivity (Wildman–Crippen MR) is 55.2 cm³/mol. The standard InChI is InChI=1S/C11H11NO2/c1-3-4-11(13)9-6-5-8(14-2)7-10(9)12/h1,5-7H,4,12H2,2H3. The predicted octanol–water partition coefficient (Wildman–Crippen LogP) is 1.48. The van der Waals surface area contributed by atoms with Gasteiger partial charge in [0.2, 0.25) is 0 Å². The molecule has 0 aromatic heterocycles. The van der Waals surface area contributed by atoms with E-state index in [-0.39, 0.29) is 12.2 Å². The fourth-order valence-electron chi connectivity index (χ4n) is 1.11. The van der Waals surface area contributed by atoms with Gasteiger partial charge >= 0.3 is 0 Å². The van der Waals surface area contributed by atoms with E-state index < -0.39 is 0 Å². The largest absolute Gasteiger partial charge is 0.497 e. The molecule has 0 aliphatic heterocycles. The minimum Gasteiger partial charge on any atom is -0.497 e. The van der Waals surface area contributed by atoms with Gasteiger partial charge in [-0.3, -0.25) is 4.79 Å². The molecule has 1 rings (SSSR count). The van der Waals surface area contributed by atoms with E-state index in [9.17, 15) is 4.79 Å². The van der Waals surface area contributed by atoms with Crippen molar-refractivity contribution in [3.63, 3.8) is 0 Å². The molecule has 0 bridgehead atoms. The van der Waals surface area contributed by atoms with Crippen molar-refractivity contribution < 1.29 is 9.53 Å². The molecule has 0 atom stereocenters. The van der Waals surface area contributed by atoms with Crippen LogP contribution in [0.3, 0.4) is 0 Å². The Labute approximate surface area is 82.9 Å². The Morgan fingerprint density at radius 3 is 2.86 bits per heavy atom. The zero-order chi connectivity index (χ0) is 10.6. The SMILES string of the molecule is C#CCC(=O)c1ccc(OC)cc1N. The molecule has 0 heterocycles. The number of hydrogen-bond acceptors (Lipinski definition) is 3. The molecule has 1 aromatic carbocycles. The molecule has 0 fully saturated rings. The maximum absolute atomic E-state index is 11.4. The maximum atomic E-state index is 11.4. The van der Waals surface area contributed by atoms with E-state index in [4.69, 9.17) is 16.9 Å². The Morgan fingerprint density at radius 2 is 2.36 bits per heavy atom. The summed E-state index contributed by atoms with van der Waals surface area (Å²) in [5.74, 6) is 2.76. The minimum absolute atomic E-state index is 0.0660. The van der Waals surface area contributed by atoms with Gasteiger partial charge in [-0.1, -0.05) is 5.92 Å². The summed E-state index contributed by atoms with van der Waals surface area (Å²) in [5, 5.41) is 0. The summed E-state index contributed by atoms with van der Waals surface area (Å²) in [6.07, 6.45) is 5.10. The van der Waals surface area contributed by atoms with Gasteiger partial charge in [-0.2, -0.15) is 0 Å². The molecule has 2 N–H and O–H groups in total. The van der Waals surface area contributed by atoms with Crippen molar-refractivity contribution in [2.75, 3.05) is 12.8 Å². The first-order chi connectivity index (χ1) is 6.69. The molecule has 0 spiro atoms. The van der Waals surface area contributed by atoms with Crippen LogP contribution in [0.2, 0.25) is 0 Å². The van der Waals surface area contributed by atoms with Crippen LogP contribution in [-0.4, -0.2) is 12.9 Å². The molecule has 72 valence electrons. The fraction of sp³-hybridized carbons (Fsp3) is 0.182. The summed E-state index contributed by atoms with van der Waals surface area (Å²) < 4.78 is 4.96. The third kappa shape index (κ3) is 2.05. The number of anilines is 1. The third-order valence-electron chi connectivity index (χ3n) is 1.82. The number of ketones is 1. The molecule has 1 aromatic rings. The zero-order valence-electron chi connectivity index (χ0n) is 7.91. The van der Waals surface area contributed by atoms with Gasteiger partial charge in [0.25, 0.3) is 0 Å². The van der Waals surface area contributed by atoms with E-state index >= 15 is 0 Å². The lowest BCUT2D eigenvalue weighted by Crippen LogP contribution is -2.02. The van der Waals surface area contributed by atoms with Crippen LogP contribution in [0.25, 0.3) is 0 Å². The smallest absolute Gasteiger partial charge is 0.176 e. The molecule has 14 heavy (non-hydrogen) atoms. The van der Waals surface area contributed by atoms with Crippen molar-refractivity contribution >= 4 is 11.5 Å². The van der Waals surface area contributed by atoms with Crippen LogP contribution in [0.15, 0.2) is 18.2 Å². The van der Waals surface area contributed by atoms with Crippen molar-refractivity contribution in [3.05, 3.63) is 23.8 Å². The molecule has 0 amide bonds. The fourth-order valence-corrected chi connectivity index (χ4v) is 1.11. The maximum Gasteiger partial charge on any atom is 0.176 e. The van der Waals surface area contributed by atoms with Crippen molar-refractivity contribution in [3.8, 4) is 18.1 Å². The molecule has 0 radical (unpaired) electrons. The number of nitrogen functional groups attached to an aromatic ring is 1. The van der Waals surface area contributed by atoms with Crippen LogP contribution in [0.5, 0.6) is 5.75 Å². The summed E-state index contributed by atoms with van der Waals surface area (Å²) in [7, 11) is 1.54. The molecular formula is C11H11NO2. The lowest BCUT2D eigenvalue weighted by atomic mass is 10.1. The minimum atomic E-state index is -0.146. The second-order valence-electron chi connectivity index (χ2n) is 2.76. The molecule has 0 saturated heterocycles. The Balaban J connectivity index is 3.01. The Bertz CT molecular complexity index is 391. The molecule has 0 saturated carbocycles. The highest BCUT2D eigenvalue weighted by Gasteiger charge is 2.08. The van der Waals surface area contributed by atoms with E-state index in [1.165, 1.54) is 7.11 Å². The van der Waals surface area contributed by atoms with Gasteiger partial charge < -0.3 is 10.5 Å². The average molecular weight is 189 g/mol. The van der Waals surface area contributed by atoms with Crippen LogP contribution in [0.4, 0.5) is 5.69 Å². The quantitative estimate of drug-likeness (QED) is 0.445. The number of methoxy groups -OCH3 is 1. The van der Waals surface area contributed by atoms with Crippen molar-refractivity contribution in [2.45, 2.75) is 6.42 Å². The Kier molecular flexibility index (Phi) is 3.14. The monoisotopic (exact) mass is 189 g/mol. The molecule has 0 unspecified atom stereocenters. The topological polar surface area (TPSA) is 52.3 Å². The number of nitrogens with two attached hydrogens (primary N) is 1. The molecular weight excluding hydrogens is 178 g/mol. The van der Waals surface area contributed by atoms with Gasteiger partial charge in [0.15, 0.2) is 5.78 Å². The van der Waals surface area contributed by atoms with E-state index in [1.807, 2.05) is 0 Å². The van der Waals surface area contributed by atoms with Crippen LogP contribution in [0.1, 0.15) is 16.8 Å². The number of ether oxygens (including phenoxy) is 1.